The lowest BCUT2D eigenvalue weighted by molar-refractivity contribution is 0.0972. The van der Waals surface area contributed by atoms with Crippen LogP contribution in [0.5, 0.6) is 0 Å². The van der Waals surface area contributed by atoms with Crippen LogP contribution >= 0.6 is 11.3 Å². The quantitative estimate of drug-likeness (QED) is 0.867. The van der Waals surface area contributed by atoms with Crippen molar-refractivity contribution in [3.05, 3.63) is 10.4 Å². The van der Waals surface area contributed by atoms with Crippen LogP contribution < -0.4 is 10.6 Å². The molecule has 112 valence electrons. The lowest BCUT2D eigenvalue weighted by atomic mass is 10.1. The van der Waals surface area contributed by atoms with Gasteiger partial charge >= 0.3 is 0 Å². The number of thiophene rings is 1. The van der Waals surface area contributed by atoms with E-state index in [2.05, 4.69) is 11.0 Å². The lowest BCUT2D eigenvalue weighted by Gasteiger charge is -2.25. The Hall–Kier alpha value is -1.54. The molecule has 2 heterocycles. The zero-order valence-electron chi connectivity index (χ0n) is 12.2. The van der Waals surface area contributed by atoms with Gasteiger partial charge in [0.05, 0.1) is 10.6 Å². The van der Waals surface area contributed by atoms with Crippen LogP contribution in [0.2, 0.25) is 0 Å². The Kier molecular flexibility index (Phi) is 4.16. The molecule has 5 heteroatoms. The van der Waals surface area contributed by atoms with E-state index in [0.717, 1.165) is 43.8 Å². The monoisotopic (exact) mass is 303 g/mol. The van der Waals surface area contributed by atoms with E-state index in [1.54, 1.807) is 0 Å². The van der Waals surface area contributed by atoms with Crippen LogP contribution in [-0.2, 0) is 0 Å². The van der Waals surface area contributed by atoms with Gasteiger partial charge in [0.25, 0.3) is 0 Å². The first kappa shape index (κ1) is 14.4. The molecule has 1 aromatic rings. The van der Waals surface area contributed by atoms with Crippen molar-refractivity contribution in [3.63, 3.8) is 0 Å². The van der Waals surface area contributed by atoms with Crippen LogP contribution in [0.25, 0.3) is 0 Å². The standard InChI is InChI=1S/C16H21N3OS/c17-10-12-13(18)15(14(20)11-6-7-11)21-16(12)19-8-4-2-1-3-5-9-19/h11H,1-9,18H2. The summed E-state index contributed by atoms with van der Waals surface area (Å²) in [6.45, 7) is 1.93. The van der Waals surface area contributed by atoms with E-state index in [9.17, 15) is 10.1 Å². The van der Waals surface area contributed by atoms with Crippen LogP contribution in [0.1, 0.15) is 60.2 Å². The number of nitriles is 1. The molecular weight excluding hydrogens is 282 g/mol. The molecule has 2 fully saturated rings. The van der Waals surface area contributed by atoms with Crippen molar-refractivity contribution in [1.29, 1.82) is 5.26 Å². The maximum absolute atomic E-state index is 12.3. The molecule has 1 aliphatic heterocycles. The van der Waals surface area contributed by atoms with Crippen LogP contribution in [0, 0.1) is 17.2 Å². The summed E-state index contributed by atoms with van der Waals surface area (Å²) in [5.41, 5.74) is 7.03. The fraction of sp³-hybridized carbons (Fsp3) is 0.625. The summed E-state index contributed by atoms with van der Waals surface area (Å²) in [6.07, 6.45) is 8.02. The highest BCUT2D eigenvalue weighted by Gasteiger charge is 2.34. The van der Waals surface area contributed by atoms with Gasteiger partial charge in [0.1, 0.15) is 16.6 Å². The SMILES string of the molecule is N#Cc1c(N2CCCCCCC2)sc(C(=O)C2CC2)c1N. The molecular formula is C16H21N3OS. The minimum atomic E-state index is 0.146. The first-order valence-electron chi connectivity index (χ1n) is 7.84. The minimum Gasteiger partial charge on any atom is -0.396 e. The van der Waals surface area contributed by atoms with Gasteiger partial charge in [-0.3, -0.25) is 4.79 Å². The Morgan fingerprint density at radius 2 is 1.81 bits per heavy atom. The number of rotatable bonds is 3. The molecule has 2 aliphatic rings. The van der Waals surface area contributed by atoms with Crippen molar-refractivity contribution in [1.82, 2.24) is 0 Å². The van der Waals surface area contributed by atoms with Crippen molar-refractivity contribution in [2.75, 3.05) is 23.7 Å². The first-order chi connectivity index (χ1) is 10.2. The average molecular weight is 303 g/mol. The third kappa shape index (κ3) is 2.91. The average Bonchev–Trinajstić information content (AvgIpc) is 3.22. The van der Waals surface area contributed by atoms with Gasteiger partial charge in [-0.1, -0.05) is 19.3 Å². The number of anilines is 2. The highest BCUT2D eigenvalue weighted by molar-refractivity contribution is 7.19. The highest BCUT2D eigenvalue weighted by atomic mass is 32.1. The number of nitrogens with two attached hydrogens (primary N) is 1. The van der Waals surface area contributed by atoms with Gasteiger partial charge in [0.15, 0.2) is 5.78 Å². The summed E-state index contributed by atoms with van der Waals surface area (Å²) in [5.74, 6) is 0.296. The number of nitrogens with zero attached hydrogens (tertiary/aromatic N) is 2. The van der Waals surface area contributed by atoms with Crippen molar-refractivity contribution in [2.24, 2.45) is 5.92 Å². The van der Waals surface area contributed by atoms with Gasteiger partial charge in [-0.2, -0.15) is 5.26 Å². The largest absolute Gasteiger partial charge is 0.396 e. The second-order valence-electron chi connectivity index (χ2n) is 6.03. The summed E-state index contributed by atoms with van der Waals surface area (Å²) >= 11 is 1.44. The molecule has 0 atom stereocenters. The summed E-state index contributed by atoms with van der Waals surface area (Å²) in [4.78, 5) is 15.2. The zero-order chi connectivity index (χ0) is 14.8. The smallest absolute Gasteiger partial charge is 0.178 e. The summed E-state index contributed by atoms with van der Waals surface area (Å²) < 4.78 is 0. The Morgan fingerprint density at radius 3 is 2.38 bits per heavy atom. The minimum absolute atomic E-state index is 0.146. The number of Topliss-reactive ketones (excluding diaryl/α,β-unsaturated/α-hetero) is 1. The maximum Gasteiger partial charge on any atom is 0.178 e. The molecule has 1 aromatic heterocycles. The summed E-state index contributed by atoms with van der Waals surface area (Å²) in [5, 5.41) is 10.4. The molecule has 2 N–H and O–H groups in total. The number of nitrogen functional groups attached to an aromatic ring is 1. The van der Waals surface area contributed by atoms with Crippen LogP contribution in [-0.4, -0.2) is 18.9 Å². The number of carbonyl (C=O) groups excluding carboxylic acids is 1. The number of hydrogen-bond donors (Lipinski definition) is 1. The second-order valence-corrected chi connectivity index (χ2v) is 7.03. The maximum atomic E-state index is 12.3. The molecule has 4 nitrogen and oxygen atoms in total. The lowest BCUT2D eigenvalue weighted by Crippen LogP contribution is -2.26. The normalized spacial score (nSPS) is 19.7. The second kappa shape index (κ2) is 6.07. The molecule has 0 unspecified atom stereocenters. The van der Waals surface area contributed by atoms with Gasteiger partial charge in [-0.15, -0.1) is 11.3 Å². The molecule has 0 aromatic carbocycles. The van der Waals surface area contributed by atoms with E-state index in [-0.39, 0.29) is 11.7 Å². The number of carbonyl (C=O) groups is 1. The molecule has 1 saturated carbocycles. The Bertz CT molecular complexity index is 575. The molecule has 0 bridgehead atoms. The molecule has 0 amide bonds. The molecule has 1 saturated heterocycles. The van der Waals surface area contributed by atoms with E-state index in [1.165, 1.54) is 30.6 Å². The number of hydrogen-bond acceptors (Lipinski definition) is 5. The van der Waals surface area contributed by atoms with Gasteiger partial charge in [0.2, 0.25) is 0 Å². The fourth-order valence-corrected chi connectivity index (χ4v) is 4.17. The van der Waals surface area contributed by atoms with Gasteiger partial charge < -0.3 is 10.6 Å². The van der Waals surface area contributed by atoms with Crippen LogP contribution in [0.15, 0.2) is 0 Å². The third-order valence-corrected chi connectivity index (χ3v) is 5.63. The van der Waals surface area contributed by atoms with E-state index in [1.807, 2.05) is 0 Å². The predicted molar refractivity (Wildman–Crippen MR) is 85.8 cm³/mol. The van der Waals surface area contributed by atoms with E-state index in [4.69, 9.17) is 5.73 Å². The highest BCUT2D eigenvalue weighted by Crippen LogP contribution is 2.43. The fourth-order valence-electron chi connectivity index (χ4n) is 2.93. The van der Waals surface area contributed by atoms with Gasteiger partial charge in [-0.05, 0) is 25.7 Å². The van der Waals surface area contributed by atoms with Gasteiger partial charge in [-0.25, -0.2) is 0 Å². The Morgan fingerprint density at radius 1 is 1.19 bits per heavy atom. The molecule has 1 aliphatic carbocycles. The first-order valence-corrected chi connectivity index (χ1v) is 8.65. The summed E-state index contributed by atoms with van der Waals surface area (Å²) in [6, 6.07) is 2.22. The Labute approximate surface area is 129 Å². The predicted octanol–water partition coefficient (Wildman–Crippen LogP) is 3.57. The molecule has 3 rings (SSSR count). The molecule has 0 spiro atoms. The van der Waals surface area contributed by atoms with Crippen molar-refractivity contribution < 1.29 is 4.79 Å². The van der Waals surface area contributed by atoms with Crippen molar-refractivity contribution in [3.8, 4) is 6.07 Å². The summed E-state index contributed by atoms with van der Waals surface area (Å²) in [7, 11) is 0. The zero-order valence-corrected chi connectivity index (χ0v) is 13.0. The topological polar surface area (TPSA) is 70.1 Å². The van der Waals surface area contributed by atoms with Crippen molar-refractivity contribution >= 4 is 27.8 Å². The van der Waals surface area contributed by atoms with E-state index in [0.29, 0.717) is 16.1 Å². The van der Waals surface area contributed by atoms with Gasteiger partial charge in [0, 0.05) is 19.0 Å². The van der Waals surface area contributed by atoms with Crippen LogP contribution in [0.3, 0.4) is 0 Å². The Balaban J connectivity index is 1.91. The molecule has 21 heavy (non-hydrogen) atoms. The van der Waals surface area contributed by atoms with E-state index >= 15 is 0 Å². The van der Waals surface area contributed by atoms with Crippen LogP contribution in [0.4, 0.5) is 10.7 Å². The number of ketones is 1. The third-order valence-electron chi connectivity index (χ3n) is 4.35. The van der Waals surface area contributed by atoms with Crippen molar-refractivity contribution in [2.45, 2.75) is 44.9 Å². The van der Waals surface area contributed by atoms with E-state index < -0.39 is 0 Å². The molecule has 0 radical (unpaired) electrons.